The molecule has 3 heteroatoms. The summed E-state index contributed by atoms with van der Waals surface area (Å²) in [6, 6.07) is 6.17. The third kappa shape index (κ3) is 5.14. The first kappa shape index (κ1) is 17.0. The van der Waals surface area contributed by atoms with Crippen molar-refractivity contribution in [3.8, 4) is 5.75 Å². The van der Waals surface area contributed by atoms with E-state index in [1.54, 1.807) is 0 Å². The van der Waals surface area contributed by atoms with Crippen LogP contribution in [0.5, 0.6) is 5.75 Å². The SMILES string of the molecule is CCCOc1ccc(CCC(O)C(C)N)cc1C(C)C. The van der Waals surface area contributed by atoms with E-state index in [0.29, 0.717) is 12.3 Å². The molecule has 0 fully saturated rings. The van der Waals surface area contributed by atoms with Gasteiger partial charge >= 0.3 is 0 Å². The molecule has 1 rings (SSSR count). The molecule has 0 bridgehead atoms. The third-order valence-electron chi connectivity index (χ3n) is 3.49. The van der Waals surface area contributed by atoms with E-state index in [4.69, 9.17) is 10.5 Å². The molecule has 20 heavy (non-hydrogen) atoms. The molecule has 0 aliphatic rings. The predicted octanol–water partition coefficient (Wildman–Crippen LogP) is 3.24. The zero-order valence-corrected chi connectivity index (χ0v) is 13.2. The van der Waals surface area contributed by atoms with Crippen LogP contribution in [0.25, 0.3) is 0 Å². The summed E-state index contributed by atoms with van der Waals surface area (Å²) in [5, 5.41) is 9.79. The first-order chi connectivity index (χ1) is 9.45. The molecule has 0 saturated carbocycles. The van der Waals surface area contributed by atoms with Crippen LogP contribution in [0, 0.1) is 0 Å². The smallest absolute Gasteiger partial charge is 0.122 e. The molecule has 3 N–H and O–H groups in total. The van der Waals surface area contributed by atoms with Gasteiger partial charge in [0.15, 0.2) is 0 Å². The summed E-state index contributed by atoms with van der Waals surface area (Å²) in [4.78, 5) is 0. The van der Waals surface area contributed by atoms with Gasteiger partial charge in [0.1, 0.15) is 5.75 Å². The molecule has 0 radical (unpaired) electrons. The van der Waals surface area contributed by atoms with E-state index in [-0.39, 0.29) is 6.04 Å². The van der Waals surface area contributed by atoms with Gasteiger partial charge < -0.3 is 15.6 Å². The Morgan fingerprint density at radius 2 is 1.95 bits per heavy atom. The van der Waals surface area contributed by atoms with Crippen molar-refractivity contribution in [2.24, 2.45) is 5.73 Å². The molecule has 1 aromatic carbocycles. The van der Waals surface area contributed by atoms with E-state index in [1.807, 2.05) is 6.92 Å². The average Bonchev–Trinajstić information content (AvgIpc) is 2.42. The lowest BCUT2D eigenvalue weighted by atomic mass is 9.96. The number of aliphatic hydroxyl groups is 1. The van der Waals surface area contributed by atoms with Gasteiger partial charge in [-0.3, -0.25) is 0 Å². The van der Waals surface area contributed by atoms with Gasteiger partial charge in [-0.1, -0.05) is 32.9 Å². The minimum absolute atomic E-state index is 0.174. The largest absolute Gasteiger partial charge is 0.493 e. The zero-order chi connectivity index (χ0) is 15.1. The second-order valence-corrected chi connectivity index (χ2v) is 5.84. The van der Waals surface area contributed by atoms with E-state index < -0.39 is 6.10 Å². The van der Waals surface area contributed by atoms with Crippen LogP contribution in [0.1, 0.15) is 57.6 Å². The number of aliphatic hydroxyl groups excluding tert-OH is 1. The minimum atomic E-state index is -0.437. The summed E-state index contributed by atoms with van der Waals surface area (Å²) in [5.41, 5.74) is 8.16. The van der Waals surface area contributed by atoms with Crippen molar-refractivity contribution < 1.29 is 9.84 Å². The average molecular weight is 279 g/mol. The van der Waals surface area contributed by atoms with Crippen LogP contribution < -0.4 is 10.5 Å². The molecule has 2 atom stereocenters. The van der Waals surface area contributed by atoms with Crippen molar-refractivity contribution in [3.05, 3.63) is 29.3 Å². The Hall–Kier alpha value is -1.06. The highest BCUT2D eigenvalue weighted by atomic mass is 16.5. The normalized spacial score (nSPS) is 14.3. The van der Waals surface area contributed by atoms with Gasteiger partial charge in [0.25, 0.3) is 0 Å². The number of nitrogens with two attached hydrogens (primary N) is 1. The summed E-state index contributed by atoms with van der Waals surface area (Å²) in [6.07, 6.45) is 2.12. The van der Waals surface area contributed by atoms with Crippen LogP contribution in [0.3, 0.4) is 0 Å². The summed E-state index contributed by atoms with van der Waals surface area (Å²) >= 11 is 0. The highest BCUT2D eigenvalue weighted by Gasteiger charge is 2.12. The molecular formula is C17H29NO2. The molecule has 0 spiro atoms. The summed E-state index contributed by atoms with van der Waals surface area (Å²) < 4.78 is 5.80. The molecule has 0 amide bonds. The van der Waals surface area contributed by atoms with Gasteiger partial charge in [0.2, 0.25) is 0 Å². The zero-order valence-electron chi connectivity index (χ0n) is 13.2. The van der Waals surface area contributed by atoms with Crippen LogP contribution in [0.15, 0.2) is 18.2 Å². The van der Waals surface area contributed by atoms with Crippen LogP contribution in [0.4, 0.5) is 0 Å². The van der Waals surface area contributed by atoms with Gasteiger partial charge in [-0.25, -0.2) is 0 Å². The van der Waals surface area contributed by atoms with Gasteiger partial charge in [0.05, 0.1) is 12.7 Å². The summed E-state index contributed by atoms with van der Waals surface area (Å²) in [5.74, 6) is 1.42. The number of benzene rings is 1. The molecule has 3 nitrogen and oxygen atoms in total. The van der Waals surface area contributed by atoms with Crippen molar-refractivity contribution in [1.82, 2.24) is 0 Å². The fourth-order valence-electron chi connectivity index (χ4n) is 2.13. The van der Waals surface area contributed by atoms with E-state index in [9.17, 15) is 5.11 Å². The maximum Gasteiger partial charge on any atom is 0.122 e. The number of ether oxygens (including phenoxy) is 1. The summed E-state index contributed by atoms with van der Waals surface area (Å²) in [6.45, 7) is 9.05. The van der Waals surface area contributed by atoms with Crippen LogP contribution >= 0.6 is 0 Å². The number of aryl methyl sites for hydroxylation is 1. The second kappa shape index (κ2) is 8.28. The van der Waals surface area contributed by atoms with Gasteiger partial charge in [-0.05, 0) is 49.3 Å². The van der Waals surface area contributed by atoms with E-state index in [0.717, 1.165) is 25.2 Å². The van der Waals surface area contributed by atoms with Gasteiger partial charge in [-0.15, -0.1) is 0 Å². The van der Waals surface area contributed by atoms with Crippen molar-refractivity contribution in [2.75, 3.05) is 6.61 Å². The fourth-order valence-corrected chi connectivity index (χ4v) is 2.13. The quantitative estimate of drug-likeness (QED) is 0.768. The van der Waals surface area contributed by atoms with Crippen molar-refractivity contribution in [1.29, 1.82) is 0 Å². The molecule has 2 unspecified atom stereocenters. The Morgan fingerprint density at radius 3 is 2.50 bits per heavy atom. The number of rotatable bonds is 8. The Bertz CT molecular complexity index is 402. The fraction of sp³-hybridized carbons (Fsp3) is 0.647. The number of hydrogen-bond acceptors (Lipinski definition) is 3. The Kier molecular flexibility index (Phi) is 7.03. The number of hydrogen-bond donors (Lipinski definition) is 2. The van der Waals surface area contributed by atoms with Crippen LogP contribution in [-0.4, -0.2) is 23.9 Å². The highest BCUT2D eigenvalue weighted by molar-refractivity contribution is 5.39. The second-order valence-electron chi connectivity index (χ2n) is 5.84. The van der Waals surface area contributed by atoms with E-state index in [1.165, 1.54) is 11.1 Å². The Labute approximate surface area is 123 Å². The molecule has 114 valence electrons. The predicted molar refractivity (Wildman–Crippen MR) is 84.3 cm³/mol. The molecular weight excluding hydrogens is 250 g/mol. The molecule has 1 aromatic rings. The van der Waals surface area contributed by atoms with Crippen molar-refractivity contribution in [2.45, 2.75) is 65.0 Å². The maximum absolute atomic E-state index is 9.79. The van der Waals surface area contributed by atoms with Gasteiger partial charge in [-0.2, -0.15) is 0 Å². The minimum Gasteiger partial charge on any atom is -0.493 e. The van der Waals surface area contributed by atoms with Crippen LogP contribution in [0.2, 0.25) is 0 Å². The first-order valence-electron chi connectivity index (χ1n) is 7.65. The lowest BCUT2D eigenvalue weighted by Gasteiger charge is -2.17. The first-order valence-corrected chi connectivity index (χ1v) is 7.65. The van der Waals surface area contributed by atoms with Gasteiger partial charge in [0, 0.05) is 6.04 Å². The Balaban J connectivity index is 2.76. The topological polar surface area (TPSA) is 55.5 Å². The van der Waals surface area contributed by atoms with Crippen molar-refractivity contribution in [3.63, 3.8) is 0 Å². The maximum atomic E-state index is 9.79. The van der Waals surface area contributed by atoms with Crippen LogP contribution in [-0.2, 0) is 6.42 Å². The van der Waals surface area contributed by atoms with Crippen molar-refractivity contribution >= 4 is 0 Å². The molecule has 0 heterocycles. The lowest BCUT2D eigenvalue weighted by Crippen LogP contribution is -2.31. The molecule has 0 aliphatic heterocycles. The molecule has 0 aliphatic carbocycles. The standard InChI is InChI=1S/C17H29NO2/c1-5-10-20-17-9-7-14(11-15(17)12(2)3)6-8-16(19)13(4)18/h7,9,11-13,16,19H,5-6,8,10,18H2,1-4H3. The monoisotopic (exact) mass is 279 g/mol. The van der Waals surface area contributed by atoms with E-state index in [2.05, 4.69) is 39.0 Å². The van der Waals surface area contributed by atoms with E-state index >= 15 is 0 Å². The lowest BCUT2D eigenvalue weighted by molar-refractivity contribution is 0.141. The highest BCUT2D eigenvalue weighted by Crippen LogP contribution is 2.28. The summed E-state index contributed by atoms with van der Waals surface area (Å²) in [7, 11) is 0. The molecule has 0 aromatic heterocycles. The molecule has 0 saturated heterocycles. The Morgan fingerprint density at radius 1 is 1.25 bits per heavy atom. The third-order valence-corrected chi connectivity index (χ3v) is 3.49.